The number of carboxylic acid groups (broad SMARTS) is 1. The van der Waals surface area contributed by atoms with E-state index in [4.69, 9.17) is 30.1 Å². The molecule has 1 fully saturated rings. The fourth-order valence-electron chi connectivity index (χ4n) is 2.57. The van der Waals surface area contributed by atoms with E-state index in [1.54, 1.807) is 0 Å². The number of aliphatic hydroxyl groups is 2. The van der Waals surface area contributed by atoms with Crippen LogP contribution in [0.3, 0.4) is 0 Å². The van der Waals surface area contributed by atoms with E-state index in [2.05, 4.69) is 4.52 Å². The van der Waals surface area contributed by atoms with E-state index in [-0.39, 0.29) is 5.56 Å². The van der Waals surface area contributed by atoms with Crippen molar-refractivity contribution in [2.45, 2.75) is 43.6 Å². The van der Waals surface area contributed by atoms with Gasteiger partial charge in [0.15, 0.2) is 18.5 Å². The highest BCUT2D eigenvalue weighted by Crippen LogP contribution is 2.37. The van der Waals surface area contributed by atoms with Gasteiger partial charge in [0.1, 0.15) is 29.9 Å². The lowest BCUT2D eigenvalue weighted by molar-refractivity contribution is -0.765. The fraction of sp³-hybridized carbons (Fsp3) is 0.533. The summed E-state index contributed by atoms with van der Waals surface area (Å²) in [6.45, 7) is 0.644. The van der Waals surface area contributed by atoms with Crippen molar-refractivity contribution in [2.75, 3.05) is 6.61 Å². The molecule has 0 saturated carbocycles. The highest BCUT2D eigenvalue weighted by atomic mass is 31.2. The lowest BCUT2D eigenvalue weighted by Crippen LogP contribution is -2.46. The predicted molar refractivity (Wildman–Crippen MR) is 91.0 cm³/mol. The minimum Gasteiger partial charge on any atom is -0.480 e. The first-order chi connectivity index (χ1) is 13.4. The van der Waals surface area contributed by atoms with Crippen LogP contribution in [0.4, 0.5) is 0 Å². The van der Waals surface area contributed by atoms with Gasteiger partial charge in [0.25, 0.3) is 6.23 Å². The van der Waals surface area contributed by atoms with Gasteiger partial charge in [-0.1, -0.05) is 0 Å². The van der Waals surface area contributed by atoms with Crippen molar-refractivity contribution in [3.05, 3.63) is 30.1 Å². The van der Waals surface area contributed by atoms with Gasteiger partial charge in [0.05, 0.1) is 6.61 Å². The van der Waals surface area contributed by atoms with Gasteiger partial charge in [-0.15, -0.1) is 0 Å². The molecule has 0 unspecified atom stereocenters. The zero-order valence-electron chi connectivity index (χ0n) is 15.1. The average molecular weight is 437 g/mol. The van der Waals surface area contributed by atoms with Crippen LogP contribution in [0.1, 0.15) is 23.5 Å². The van der Waals surface area contributed by atoms with Crippen molar-refractivity contribution in [1.82, 2.24) is 0 Å². The Morgan fingerprint density at radius 2 is 2.00 bits per heavy atom. The van der Waals surface area contributed by atoms with Gasteiger partial charge < -0.3 is 40.3 Å². The Hall–Kier alpha value is -1.96. The van der Waals surface area contributed by atoms with Gasteiger partial charge in [-0.05, 0) is 13.0 Å². The van der Waals surface area contributed by atoms with Gasteiger partial charge >= 0.3 is 19.8 Å². The van der Waals surface area contributed by atoms with Crippen molar-refractivity contribution in [3.8, 4) is 0 Å². The van der Waals surface area contributed by atoms with E-state index < -0.39 is 63.1 Å². The summed E-state index contributed by atoms with van der Waals surface area (Å²) in [5, 5.41) is 29.0. The maximum atomic E-state index is 12.2. The number of aliphatic hydroxyl groups excluding tert-OH is 2. The molecule has 2 heterocycles. The molecule has 7 N–H and O–H groups in total. The van der Waals surface area contributed by atoms with E-state index in [1.165, 1.54) is 36.0 Å². The Kier molecular flexibility index (Phi) is 7.43. The molecule has 162 valence electrons. The van der Waals surface area contributed by atoms with E-state index in [0.29, 0.717) is 0 Å². The van der Waals surface area contributed by atoms with Crippen LogP contribution in [0.2, 0.25) is 0 Å². The van der Waals surface area contributed by atoms with Gasteiger partial charge in [-0.2, -0.15) is 4.57 Å². The monoisotopic (exact) mass is 437 g/mol. The molecule has 2 rings (SSSR count). The minimum atomic E-state index is -4.80. The number of nitrogens with two attached hydrogens (primary N) is 1. The van der Waals surface area contributed by atoms with E-state index in [0.717, 1.165) is 0 Å². The zero-order valence-corrected chi connectivity index (χ0v) is 16.0. The van der Waals surface area contributed by atoms with Crippen LogP contribution < -0.4 is 10.3 Å². The third kappa shape index (κ3) is 6.01. The quantitative estimate of drug-likeness (QED) is 0.144. The number of esters is 1. The molecule has 0 amide bonds. The van der Waals surface area contributed by atoms with Gasteiger partial charge in [-0.3, -0.25) is 9.32 Å². The topological polar surface area (TPSA) is 210 Å². The van der Waals surface area contributed by atoms with Crippen LogP contribution in [0.5, 0.6) is 0 Å². The molecule has 6 atom stereocenters. The summed E-state index contributed by atoms with van der Waals surface area (Å²) in [7, 11) is -4.80. The molecule has 0 bridgehead atoms. The van der Waals surface area contributed by atoms with Gasteiger partial charge in [0.2, 0.25) is 0 Å². The minimum absolute atomic E-state index is 0.0165. The number of rotatable bonds is 8. The second kappa shape index (κ2) is 9.24. The molecule has 1 saturated heterocycles. The molecule has 0 radical (unpaired) electrons. The van der Waals surface area contributed by atoms with Crippen molar-refractivity contribution >= 4 is 19.8 Å². The molecule has 14 heteroatoms. The number of pyridine rings is 1. The number of phosphoric ester groups is 1. The second-order valence-corrected chi connectivity index (χ2v) is 7.59. The summed E-state index contributed by atoms with van der Waals surface area (Å²) >= 11 is 0. The molecular formula is C15H22N2O11P+. The molecular weight excluding hydrogens is 415 g/mol. The van der Waals surface area contributed by atoms with Gasteiger partial charge in [-0.25, -0.2) is 9.36 Å². The molecule has 0 aromatic carbocycles. The third-order valence-corrected chi connectivity index (χ3v) is 4.67. The Labute approximate surface area is 164 Å². The molecule has 1 aromatic rings. The standard InChI is InChI=1S/C15H21N2O11P/c1-7(10(16)14(20)21)27-15(22)8-3-2-4-17(5-8)13-12(19)11(18)9(28-13)6-26-29(23,24)25/h2-5,7,9-13,18-19H,6,16H2,1H3,(H2-,20,21,23,24,25)/p+1/t7-,9-,10+,11-,12-,13-/m1/s1. The summed E-state index contributed by atoms with van der Waals surface area (Å²) in [6, 6.07) is 1.37. The van der Waals surface area contributed by atoms with Crippen molar-refractivity contribution in [2.24, 2.45) is 5.73 Å². The molecule has 1 aliphatic rings. The number of carbonyl (C=O) groups excluding carboxylic acids is 1. The van der Waals surface area contributed by atoms with E-state index >= 15 is 0 Å². The van der Waals surface area contributed by atoms with E-state index in [9.17, 15) is 24.4 Å². The lowest BCUT2D eigenvalue weighted by atomic mass is 10.1. The van der Waals surface area contributed by atoms with Crippen LogP contribution in [0, 0.1) is 0 Å². The van der Waals surface area contributed by atoms with Crippen molar-refractivity contribution in [1.29, 1.82) is 0 Å². The molecule has 0 spiro atoms. The summed E-state index contributed by atoms with van der Waals surface area (Å²) in [6.07, 6.45) is -3.90. The first kappa shape index (κ1) is 23.3. The summed E-state index contributed by atoms with van der Waals surface area (Å²) in [5.74, 6) is -2.22. The van der Waals surface area contributed by atoms with Crippen molar-refractivity contribution in [3.63, 3.8) is 0 Å². The first-order valence-electron chi connectivity index (χ1n) is 8.32. The Morgan fingerprint density at radius 3 is 2.59 bits per heavy atom. The number of carboxylic acids is 1. The van der Waals surface area contributed by atoms with Crippen LogP contribution >= 0.6 is 7.82 Å². The number of nitrogens with zero attached hydrogens (tertiary/aromatic N) is 1. The number of ether oxygens (including phenoxy) is 2. The summed E-state index contributed by atoms with van der Waals surface area (Å²) in [5.41, 5.74) is 5.38. The second-order valence-electron chi connectivity index (χ2n) is 6.35. The fourth-order valence-corrected chi connectivity index (χ4v) is 2.91. The maximum absolute atomic E-state index is 12.2. The summed E-state index contributed by atoms with van der Waals surface area (Å²) in [4.78, 5) is 40.6. The van der Waals surface area contributed by atoms with Gasteiger partial charge in [0, 0.05) is 6.07 Å². The molecule has 1 aromatic heterocycles. The zero-order chi connectivity index (χ0) is 21.9. The highest BCUT2D eigenvalue weighted by molar-refractivity contribution is 7.46. The molecule has 29 heavy (non-hydrogen) atoms. The van der Waals surface area contributed by atoms with Crippen LogP contribution in [-0.4, -0.2) is 74.1 Å². The highest BCUT2D eigenvalue weighted by Gasteiger charge is 2.49. The number of carbonyl (C=O) groups is 2. The lowest BCUT2D eigenvalue weighted by Gasteiger charge is -2.16. The molecule has 0 aliphatic carbocycles. The van der Waals surface area contributed by atoms with Crippen LogP contribution in [-0.2, 0) is 23.4 Å². The third-order valence-electron chi connectivity index (χ3n) is 4.18. The number of phosphoric acid groups is 1. The number of hydrogen-bond acceptors (Lipinski definition) is 9. The van der Waals surface area contributed by atoms with Crippen LogP contribution in [0.15, 0.2) is 24.5 Å². The Bertz CT molecular complexity index is 800. The van der Waals surface area contributed by atoms with Crippen LogP contribution in [0.25, 0.3) is 0 Å². The number of aromatic nitrogens is 1. The maximum Gasteiger partial charge on any atom is 0.469 e. The number of aliphatic carboxylic acids is 1. The molecule has 13 nitrogen and oxygen atoms in total. The first-order valence-corrected chi connectivity index (χ1v) is 9.85. The Morgan fingerprint density at radius 1 is 1.34 bits per heavy atom. The normalized spacial score (nSPS) is 26.7. The Balaban J connectivity index is 2.11. The summed E-state index contributed by atoms with van der Waals surface area (Å²) < 4.78 is 26.7. The SMILES string of the molecule is C[C@@H](OC(=O)c1ccc[n+]([C@@H]2O[C@H](COP(=O)(O)O)[C@@H](O)[C@H]2O)c1)[C@H](N)C(=O)O. The average Bonchev–Trinajstić information content (AvgIpc) is 2.93. The van der Waals surface area contributed by atoms with Crippen molar-refractivity contribution < 1.29 is 57.8 Å². The number of hydrogen-bond donors (Lipinski definition) is 6. The smallest absolute Gasteiger partial charge is 0.469 e. The largest absolute Gasteiger partial charge is 0.480 e. The molecule has 1 aliphatic heterocycles. The van der Waals surface area contributed by atoms with E-state index in [1.807, 2.05) is 0 Å². The predicted octanol–water partition coefficient (Wildman–Crippen LogP) is -2.34.